The number of nitrogens with zero attached hydrogens (tertiary/aromatic N) is 1. The lowest BCUT2D eigenvalue weighted by Gasteiger charge is -2.16. The Kier molecular flexibility index (Phi) is 6.11. The molecule has 0 aromatic heterocycles. The monoisotopic (exact) mass is 332 g/mol. The summed E-state index contributed by atoms with van der Waals surface area (Å²) in [4.78, 5) is 35.5. The zero-order valence-electron chi connectivity index (χ0n) is 12.4. The highest BCUT2D eigenvalue weighted by atomic mass is 19.4. The van der Waals surface area contributed by atoms with Crippen LogP contribution in [0.5, 0.6) is 0 Å². The second-order valence-corrected chi connectivity index (χ2v) is 4.58. The van der Waals surface area contributed by atoms with Gasteiger partial charge in [-0.15, -0.1) is 0 Å². The SMILES string of the molecule is CNC(=O)CN(C)C(=O)COC(=O)c1cccc(C(F)(F)F)c1. The van der Waals surface area contributed by atoms with Crippen LogP contribution in [-0.4, -0.2) is 49.9 Å². The van der Waals surface area contributed by atoms with Gasteiger partial charge in [-0.2, -0.15) is 13.2 Å². The van der Waals surface area contributed by atoms with Gasteiger partial charge in [0.25, 0.3) is 5.91 Å². The van der Waals surface area contributed by atoms with Crippen molar-refractivity contribution in [1.82, 2.24) is 10.2 Å². The number of benzene rings is 1. The van der Waals surface area contributed by atoms with Gasteiger partial charge in [-0.25, -0.2) is 4.79 Å². The largest absolute Gasteiger partial charge is 0.452 e. The van der Waals surface area contributed by atoms with Crippen LogP contribution in [0.2, 0.25) is 0 Å². The third-order valence-corrected chi connectivity index (χ3v) is 2.84. The maximum absolute atomic E-state index is 12.6. The molecule has 126 valence electrons. The minimum absolute atomic E-state index is 0.226. The van der Waals surface area contributed by atoms with E-state index in [9.17, 15) is 27.6 Å². The predicted molar refractivity (Wildman–Crippen MR) is 73.4 cm³/mol. The fourth-order valence-corrected chi connectivity index (χ4v) is 1.53. The molecule has 23 heavy (non-hydrogen) atoms. The zero-order chi connectivity index (χ0) is 17.6. The van der Waals surface area contributed by atoms with E-state index in [4.69, 9.17) is 0 Å². The molecule has 0 saturated carbocycles. The molecule has 2 amide bonds. The van der Waals surface area contributed by atoms with Crippen molar-refractivity contribution in [1.29, 1.82) is 0 Å². The molecule has 0 radical (unpaired) electrons. The van der Waals surface area contributed by atoms with Crippen LogP contribution in [0, 0.1) is 0 Å². The van der Waals surface area contributed by atoms with E-state index in [1.54, 1.807) is 0 Å². The van der Waals surface area contributed by atoms with Crippen LogP contribution in [0.4, 0.5) is 13.2 Å². The fourth-order valence-electron chi connectivity index (χ4n) is 1.53. The van der Waals surface area contributed by atoms with Gasteiger partial charge in [0.2, 0.25) is 5.91 Å². The molecule has 6 nitrogen and oxygen atoms in total. The molecule has 0 spiro atoms. The lowest BCUT2D eigenvalue weighted by molar-refractivity contribution is -0.138. The number of carbonyl (C=O) groups is 3. The van der Waals surface area contributed by atoms with E-state index in [1.807, 2.05) is 0 Å². The summed E-state index contributed by atoms with van der Waals surface area (Å²) in [6, 6.07) is 3.68. The van der Waals surface area contributed by atoms with Gasteiger partial charge < -0.3 is 15.0 Å². The maximum Gasteiger partial charge on any atom is 0.416 e. The Morgan fingerprint density at radius 2 is 1.91 bits per heavy atom. The average molecular weight is 332 g/mol. The van der Waals surface area contributed by atoms with Crippen molar-refractivity contribution in [3.8, 4) is 0 Å². The molecule has 1 aromatic rings. The molecule has 0 saturated heterocycles. The van der Waals surface area contributed by atoms with Crippen molar-refractivity contribution < 1.29 is 32.3 Å². The van der Waals surface area contributed by atoms with Crippen LogP contribution >= 0.6 is 0 Å². The van der Waals surface area contributed by atoms with Crippen LogP contribution < -0.4 is 5.32 Å². The molecule has 1 N–H and O–H groups in total. The Bertz CT molecular complexity index is 602. The normalized spacial score (nSPS) is 10.8. The van der Waals surface area contributed by atoms with Crippen molar-refractivity contribution in [2.45, 2.75) is 6.18 Å². The zero-order valence-corrected chi connectivity index (χ0v) is 12.4. The summed E-state index contributed by atoms with van der Waals surface area (Å²) in [5.74, 6) is -2.13. The molecule has 0 aliphatic heterocycles. The summed E-state index contributed by atoms with van der Waals surface area (Å²) >= 11 is 0. The summed E-state index contributed by atoms with van der Waals surface area (Å²) in [5.41, 5.74) is -1.31. The van der Waals surface area contributed by atoms with Crippen LogP contribution in [0.1, 0.15) is 15.9 Å². The van der Waals surface area contributed by atoms with Gasteiger partial charge >= 0.3 is 12.1 Å². The van der Waals surface area contributed by atoms with Gasteiger partial charge in [-0.05, 0) is 18.2 Å². The standard InChI is InChI=1S/C14H15F3N2O4/c1-18-11(20)7-19(2)12(21)8-23-13(22)9-4-3-5-10(6-9)14(15,16)17/h3-6H,7-8H2,1-2H3,(H,18,20). The molecular formula is C14H15F3N2O4. The summed E-state index contributed by atoms with van der Waals surface area (Å²) in [5, 5.41) is 2.31. The molecule has 0 atom stereocenters. The van der Waals surface area contributed by atoms with Crippen molar-refractivity contribution in [2.24, 2.45) is 0 Å². The number of carbonyl (C=O) groups excluding carboxylic acids is 3. The Morgan fingerprint density at radius 3 is 2.48 bits per heavy atom. The average Bonchev–Trinajstić information content (AvgIpc) is 2.51. The van der Waals surface area contributed by atoms with E-state index in [0.717, 1.165) is 23.1 Å². The summed E-state index contributed by atoms with van der Waals surface area (Å²) < 4.78 is 42.3. The minimum atomic E-state index is -4.58. The topological polar surface area (TPSA) is 75.7 Å². The third kappa shape index (κ3) is 5.61. The van der Waals surface area contributed by atoms with E-state index >= 15 is 0 Å². The predicted octanol–water partition coefficient (Wildman–Crippen LogP) is 1.07. The molecule has 0 unspecified atom stereocenters. The smallest absolute Gasteiger partial charge is 0.416 e. The van der Waals surface area contributed by atoms with E-state index in [2.05, 4.69) is 10.1 Å². The Morgan fingerprint density at radius 1 is 1.26 bits per heavy atom. The lowest BCUT2D eigenvalue weighted by atomic mass is 10.1. The maximum atomic E-state index is 12.6. The van der Waals surface area contributed by atoms with Crippen molar-refractivity contribution in [2.75, 3.05) is 27.2 Å². The number of hydrogen-bond acceptors (Lipinski definition) is 4. The molecule has 0 aliphatic rings. The number of esters is 1. The Labute approximate surface area is 130 Å². The molecule has 0 aliphatic carbocycles. The lowest BCUT2D eigenvalue weighted by Crippen LogP contribution is -2.39. The molecule has 0 heterocycles. The highest BCUT2D eigenvalue weighted by Gasteiger charge is 2.31. The highest BCUT2D eigenvalue weighted by Crippen LogP contribution is 2.29. The molecule has 1 aromatic carbocycles. The first-order valence-electron chi connectivity index (χ1n) is 6.44. The first kappa shape index (κ1) is 18.5. The number of hydrogen-bond donors (Lipinski definition) is 1. The molecular weight excluding hydrogens is 317 g/mol. The number of rotatable bonds is 5. The third-order valence-electron chi connectivity index (χ3n) is 2.84. The van der Waals surface area contributed by atoms with E-state index in [1.165, 1.54) is 14.1 Å². The first-order valence-corrected chi connectivity index (χ1v) is 6.44. The number of nitrogens with one attached hydrogen (secondary N) is 1. The minimum Gasteiger partial charge on any atom is -0.452 e. The molecule has 0 bridgehead atoms. The van der Waals surface area contributed by atoms with E-state index in [0.29, 0.717) is 6.07 Å². The van der Waals surface area contributed by atoms with Gasteiger partial charge in [-0.3, -0.25) is 9.59 Å². The van der Waals surface area contributed by atoms with Gasteiger partial charge in [0, 0.05) is 14.1 Å². The van der Waals surface area contributed by atoms with E-state index < -0.39 is 36.1 Å². The number of ether oxygens (including phenoxy) is 1. The van der Waals surface area contributed by atoms with Crippen molar-refractivity contribution in [3.05, 3.63) is 35.4 Å². The summed E-state index contributed by atoms with van der Waals surface area (Å²) in [6.45, 7) is -0.904. The van der Waals surface area contributed by atoms with Crippen molar-refractivity contribution >= 4 is 17.8 Å². The van der Waals surface area contributed by atoms with Gasteiger partial charge in [0.05, 0.1) is 17.7 Å². The van der Waals surface area contributed by atoms with Gasteiger partial charge in [0.1, 0.15) is 0 Å². The number of halogens is 3. The van der Waals surface area contributed by atoms with Crippen LogP contribution in [0.25, 0.3) is 0 Å². The first-order chi connectivity index (χ1) is 10.6. The Hall–Kier alpha value is -2.58. The summed E-state index contributed by atoms with van der Waals surface area (Å²) in [7, 11) is 2.73. The highest BCUT2D eigenvalue weighted by molar-refractivity contribution is 5.92. The number of amides is 2. The fraction of sp³-hybridized carbons (Fsp3) is 0.357. The Balaban J connectivity index is 2.63. The molecule has 9 heteroatoms. The summed E-state index contributed by atoms with van der Waals surface area (Å²) in [6.07, 6.45) is -4.58. The van der Waals surface area contributed by atoms with E-state index in [-0.39, 0.29) is 12.1 Å². The van der Waals surface area contributed by atoms with Gasteiger partial charge in [0.15, 0.2) is 6.61 Å². The molecule has 0 fully saturated rings. The van der Waals surface area contributed by atoms with Crippen molar-refractivity contribution in [3.63, 3.8) is 0 Å². The van der Waals surface area contributed by atoms with Crippen LogP contribution in [-0.2, 0) is 20.5 Å². The van der Waals surface area contributed by atoms with Crippen LogP contribution in [0.15, 0.2) is 24.3 Å². The second kappa shape index (κ2) is 7.61. The number of likely N-dealkylation sites (N-methyl/N-ethyl adjacent to an activating group) is 2. The quantitative estimate of drug-likeness (QED) is 0.819. The van der Waals surface area contributed by atoms with Gasteiger partial charge in [-0.1, -0.05) is 6.07 Å². The molecule has 1 rings (SSSR count). The van der Waals surface area contributed by atoms with Crippen LogP contribution in [0.3, 0.4) is 0 Å². The number of alkyl halides is 3. The second-order valence-electron chi connectivity index (χ2n) is 4.58.